The van der Waals surface area contributed by atoms with Gasteiger partial charge in [0.05, 0.1) is 16.5 Å². The zero-order chi connectivity index (χ0) is 6.12. The number of rotatable bonds is 2. The van der Waals surface area contributed by atoms with E-state index in [9.17, 15) is 0 Å². The molecular formula is C3H14AgAl3N2-2. The first-order chi connectivity index (χ1) is 3.41. The molecule has 0 aromatic heterocycles. The van der Waals surface area contributed by atoms with Gasteiger partial charge < -0.3 is 10.5 Å². The van der Waals surface area contributed by atoms with E-state index in [1.54, 1.807) is 0 Å². The van der Waals surface area contributed by atoms with Crippen LogP contribution in [0.15, 0.2) is 0 Å². The van der Waals surface area contributed by atoms with Gasteiger partial charge in [0, 0.05) is 22.4 Å². The van der Waals surface area contributed by atoms with Crippen LogP contribution in [-0.4, -0.2) is 53.4 Å². The van der Waals surface area contributed by atoms with Crippen molar-refractivity contribution >= 4 is 48.0 Å². The van der Waals surface area contributed by atoms with Crippen molar-refractivity contribution in [2.45, 2.75) is 11.6 Å². The predicted octanol–water partition coefficient (Wildman–Crippen LogP) is 0.000200. The summed E-state index contributed by atoms with van der Waals surface area (Å²) >= 11 is 3.20. The molecule has 0 fully saturated rings. The molecule has 0 bridgehead atoms. The molecule has 0 heterocycles. The van der Waals surface area contributed by atoms with E-state index in [-0.39, 0.29) is 43.8 Å². The van der Waals surface area contributed by atoms with Gasteiger partial charge in [0.25, 0.3) is 0 Å². The zero-order valence-electron chi connectivity index (χ0n) is 6.45. The summed E-state index contributed by atoms with van der Waals surface area (Å²) in [4.78, 5) is 0. The largest absolute Gasteiger partial charge is 0.715 e. The van der Waals surface area contributed by atoms with Gasteiger partial charge in [0.1, 0.15) is 0 Å². The molecule has 0 aromatic carbocycles. The minimum absolute atomic E-state index is 0. The average Bonchev–Trinajstić information content (AvgIpc) is 1.75. The van der Waals surface area contributed by atoms with Crippen molar-refractivity contribution in [1.29, 1.82) is 0 Å². The van der Waals surface area contributed by atoms with Gasteiger partial charge >= 0.3 is 0 Å². The van der Waals surface area contributed by atoms with Crippen molar-refractivity contribution < 1.29 is 22.4 Å². The SMILES string of the molecule is [Ag].[CH3][AlH].[CH3][AlH][CH2][N-][AlH2].[NH2-]. The van der Waals surface area contributed by atoms with Crippen LogP contribution in [0.3, 0.4) is 0 Å². The smallest absolute Gasteiger partial charge is 0.210 e. The van der Waals surface area contributed by atoms with E-state index in [1.165, 1.54) is 5.41 Å². The first kappa shape index (κ1) is 22.5. The number of hydrogen-bond acceptors (Lipinski definition) is 0. The molecule has 0 atom stereocenters. The maximum absolute atomic E-state index is 4.05. The molecule has 0 amide bonds. The first-order valence-electron chi connectivity index (χ1n) is 2.68. The van der Waals surface area contributed by atoms with Crippen LogP contribution in [0.1, 0.15) is 0 Å². The Morgan fingerprint density at radius 3 is 1.89 bits per heavy atom. The molecule has 0 aliphatic carbocycles. The number of hydrogen-bond donors (Lipinski definition) is 0. The maximum Gasteiger partial charge on any atom is 0.210 e. The van der Waals surface area contributed by atoms with Crippen molar-refractivity contribution in [1.82, 2.24) is 0 Å². The van der Waals surface area contributed by atoms with Crippen molar-refractivity contribution in [2.75, 3.05) is 5.41 Å². The van der Waals surface area contributed by atoms with Crippen LogP contribution in [-0.2, 0) is 22.4 Å². The van der Waals surface area contributed by atoms with Gasteiger partial charge in [-0.2, -0.15) is 0 Å². The molecule has 0 aromatic rings. The summed E-state index contributed by atoms with van der Waals surface area (Å²) in [6, 6.07) is 0. The van der Waals surface area contributed by atoms with Crippen molar-refractivity contribution in [3.8, 4) is 0 Å². The Labute approximate surface area is 96.8 Å². The summed E-state index contributed by atoms with van der Waals surface area (Å²) < 4.78 is 4.05. The van der Waals surface area contributed by atoms with Gasteiger partial charge in [-0.05, 0) is 0 Å². The Balaban J connectivity index is -0.0000000286. The minimum Gasteiger partial charge on any atom is -0.715 e. The fourth-order valence-electron chi connectivity index (χ4n) is 0.224. The summed E-state index contributed by atoms with van der Waals surface area (Å²) in [5.41, 5.74) is 0. The van der Waals surface area contributed by atoms with Crippen LogP contribution in [0.25, 0.3) is 10.5 Å². The van der Waals surface area contributed by atoms with Crippen molar-refractivity contribution in [2.24, 2.45) is 0 Å². The Morgan fingerprint density at radius 1 is 1.56 bits per heavy atom. The van der Waals surface area contributed by atoms with Gasteiger partial charge in [-0.1, -0.05) is 0 Å². The molecule has 6 heteroatoms. The molecular weight excluding hydrogens is 253 g/mol. The van der Waals surface area contributed by atoms with E-state index >= 15 is 0 Å². The average molecular weight is 267 g/mol. The van der Waals surface area contributed by atoms with Crippen LogP contribution in [0.2, 0.25) is 11.6 Å². The van der Waals surface area contributed by atoms with Crippen LogP contribution >= 0.6 is 0 Å². The van der Waals surface area contributed by atoms with Crippen molar-refractivity contribution in [3.05, 3.63) is 10.5 Å². The van der Waals surface area contributed by atoms with Gasteiger partial charge in [0.15, 0.2) is 16.3 Å². The van der Waals surface area contributed by atoms with Crippen molar-refractivity contribution in [3.63, 3.8) is 0 Å². The zero-order valence-corrected chi connectivity index (χ0v) is 12.8. The molecule has 9 heavy (non-hydrogen) atoms. The molecule has 0 aliphatic heterocycles. The molecule has 0 saturated heterocycles. The molecule has 0 rings (SSSR count). The Kier molecular flexibility index (Phi) is 79.5. The Morgan fingerprint density at radius 2 is 1.89 bits per heavy atom. The molecule has 58 valence electrons. The van der Waals surface area contributed by atoms with Gasteiger partial charge in [-0.15, -0.1) is 11.6 Å². The first-order valence-corrected chi connectivity index (χ1v) is 7.40. The molecule has 0 unspecified atom stereocenters. The summed E-state index contributed by atoms with van der Waals surface area (Å²) in [5, 5.41) is 1.21. The van der Waals surface area contributed by atoms with E-state index in [1.807, 2.05) is 22.1 Å². The standard InChI is InChI=1S/CH2N.2CH3.Ag.3Al.H2N.4H/c1-2;;;;;;;;;;;/h1H2;2*1H3;;;;;1H2;;;;/q-1;;;;;;;-1;;;;. The molecule has 0 saturated carbocycles. The summed E-state index contributed by atoms with van der Waals surface area (Å²) in [7, 11) is 0. The Bertz CT molecular complexity index is 24.5. The fourth-order valence-corrected chi connectivity index (χ4v) is 2.01. The third-order valence-electron chi connectivity index (χ3n) is 0.447. The van der Waals surface area contributed by atoms with Gasteiger partial charge in [-0.3, -0.25) is 0 Å². The second kappa shape index (κ2) is 31.8. The Hall–Kier alpha value is 2.26. The molecule has 2 N–H and O–H groups in total. The molecule has 0 aliphatic rings. The molecule has 2 nitrogen and oxygen atoms in total. The fraction of sp³-hybridized carbons (Fsp3) is 1.00. The normalized spacial score (nSPS) is 4.67. The minimum atomic E-state index is 0. The number of nitrogens with two attached hydrogens (primary N) is 1. The second-order valence-corrected chi connectivity index (χ2v) is 3.12. The number of nitrogens with zero attached hydrogens (tertiary/aromatic N) is 1. The maximum atomic E-state index is 4.05. The molecule has 2 radical (unpaired) electrons. The van der Waals surface area contributed by atoms with E-state index < -0.39 is 0 Å². The third kappa shape index (κ3) is 38.6. The van der Waals surface area contributed by atoms with E-state index in [0.717, 1.165) is 16.5 Å². The van der Waals surface area contributed by atoms with Gasteiger partial charge in [-0.25, -0.2) is 5.41 Å². The van der Waals surface area contributed by atoms with Crippen LogP contribution in [0.4, 0.5) is 0 Å². The van der Waals surface area contributed by atoms with Crippen LogP contribution < -0.4 is 0 Å². The topological polar surface area (TPSA) is 47.6 Å². The summed E-state index contributed by atoms with van der Waals surface area (Å²) in [5.74, 6) is 4.31. The summed E-state index contributed by atoms with van der Waals surface area (Å²) in [6.07, 6.45) is 0. The monoisotopic (exact) mass is 266 g/mol. The second-order valence-electron chi connectivity index (χ2n) is 1.04. The van der Waals surface area contributed by atoms with Gasteiger partial charge in [0.2, 0.25) is 15.2 Å². The summed E-state index contributed by atoms with van der Waals surface area (Å²) in [6.45, 7) is 0. The van der Waals surface area contributed by atoms with Crippen LogP contribution in [0.5, 0.6) is 0 Å². The molecule has 0 spiro atoms. The quantitative estimate of drug-likeness (QED) is 0.632. The van der Waals surface area contributed by atoms with Crippen LogP contribution in [0, 0.1) is 0 Å². The van der Waals surface area contributed by atoms with E-state index in [0.29, 0.717) is 0 Å². The van der Waals surface area contributed by atoms with E-state index in [4.69, 9.17) is 0 Å². The third-order valence-corrected chi connectivity index (χ3v) is 2.68. The predicted molar refractivity (Wildman–Crippen MR) is 48.1 cm³/mol. The van der Waals surface area contributed by atoms with E-state index in [2.05, 4.69) is 10.1 Å².